The van der Waals surface area contributed by atoms with Crippen molar-refractivity contribution >= 4 is 11.6 Å². The molecule has 0 N–H and O–H groups in total. The van der Waals surface area contributed by atoms with Gasteiger partial charge in [0, 0.05) is 0 Å². The number of halogens is 1. The number of alkyl halides is 1. The summed E-state index contributed by atoms with van der Waals surface area (Å²) < 4.78 is 0. The highest BCUT2D eigenvalue weighted by Gasteiger charge is 2.40. The van der Waals surface area contributed by atoms with Gasteiger partial charge in [-0.15, -0.1) is 18.2 Å². The van der Waals surface area contributed by atoms with Crippen LogP contribution in [-0.2, 0) is 0 Å². The Morgan fingerprint density at radius 2 is 2.33 bits per heavy atom. The van der Waals surface area contributed by atoms with Gasteiger partial charge in [0.05, 0.1) is 16.9 Å². The third kappa shape index (κ3) is 1.09. The molecule has 48 valence electrons. The second-order valence-corrected chi connectivity index (χ2v) is 3.23. The van der Waals surface area contributed by atoms with Crippen molar-refractivity contribution in [1.29, 1.82) is 5.26 Å². The monoisotopic (exact) mass is 141 g/mol. The molecule has 0 aromatic heterocycles. The first-order valence-electron chi connectivity index (χ1n) is 2.92. The van der Waals surface area contributed by atoms with Crippen LogP contribution < -0.4 is 0 Å². The fourth-order valence-corrected chi connectivity index (χ4v) is 1.39. The number of nitrogens with zero attached hydrogens (tertiary/aromatic N) is 1. The summed E-state index contributed by atoms with van der Waals surface area (Å²) in [4.78, 5) is -0.250. The molecular formula is C7H8ClN. The molecule has 1 rings (SSSR count). The first-order chi connectivity index (χ1) is 4.20. The summed E-state index contributed by atoms with van der Waals surface area (Å²) >= 11 is 5.90. The van der Waals surface area contributed by atoms with Crippen LogP contribution in [0.15, 0.2) is 12.7 Å². The molecule has 0 atom stereocenters. The fourth-order valence-electron chi connectivity index (χ4n) is 1.02. The van der Waals surface area contributed by atoms with E-state index in [2.05, 4.69) is 12.6 Å². The molecule has 0 aliphatic heterocycles. The van der Waals surface area contributed by atoms with E-state index in [9.17, 15) is 0 Å². The molecule has 1 nitrogen and oxygen atoms in total. The Balaban J connectivity index is 2.43. The molecular weight excluding hydrogens is 134 g/mol. The van der Waals surface area contributed by atoms with E-state index in [-0.39, 0.29) is 10.8 Å². The van der Waals surface area contributed by atoms with E-state index < -0.39 is 0 Å². The summed E-state index contributed by atoms with van der Waals surface area (Å²) in [5.41, 5.74) is 0. The van der Waals surface area contributed by atoms with Crippen molar-refractivity contribution in [3.05, 3.63) is 12.7 Å². The van der Waals surface area contributed by atoms with E-state index in [1.54, 1.807) is 6.08 Å². The molecule has 0 bridgehead atoms. The Kier molecular flexibility index (Phi) is 1.50. The highest BCUT2D eigenvalue weighted by atomic mass is 35.5. The van der Waals surface area contributed by atoms with Crippen LogP contribution >= 0.6 is 11.6 Å². The second kappa shape index (κ2) is 2.04. The Morgan fingerprint density at radius 1 is 1.78 bits per heavy atom. The Labute approximate surface area is 59.9 Å². The van der Waals surface area contributed by atoms with Gasteiger partial charge in [0.2, 0.25) is 0 Å². The van der Waals surface area contributed by atoms with E-state index in [1.807, 2.05) is 0 Å². The van der Waals surface area contributed by atoms with E-state index in [1.165, 1.54) is 0 Å². The molecule has 0 aromatic carbocycles. The number of rotatable bonds is 1. The second-order valence-electron chi connectivity index (χ2n) is 2.47. The zero-order valence-corrected chi connectivity index (χ0v) is 5.86. The van der Waals surface area contributed by atoms with Gasteiger partial charge < -0.3 is 0 Å². The molecule has 1 aliphatic carbocycles. The minimum absolute atomic E-state index is 0.167. The molecule has 0 heterocycles. The van der Waals surface area contributed by atoms with Gasteiger partial charge in [0.15, 0.2) is 0 Å². The number of hydrogen-bond acceptors (Lipinski definition) is 1. The van der Waals surface area contributed by atoms with Crippen LogP contribution in [0.4, 0.5) is 0 Å². The number of hydrogen-bond donors (Lipinski definition) is 0. The molecule has 1 aliphatic rings. The van der Waals surface area contributed by atoms with Crippen molar-refractivity contribution < 1.29 is 0 Å². The van der Waals surface area contributed by atoms with Crippen LogP contribution in [0.5, 0.6) is 0 Å². The highest BCUT2D eigenvalue weighted by molar-refractivity contribution is 6.25. The largest absolute Gasteiger partial charge is 0.198 e. The van der Waals surface area contributed by atoms with Gasteiger partial charge in [-0.25, -0.2) is 0 Å². The third-order valence-corrected chi connectivity index (χ3v) is 2.18. The lowest BCUT2D eigenvalue weighted by Crippen LogP contribution is -2.35. The summed E-state index contributed by atoms with van der Waals surface area (Å²) in [5, 5.41) is 8.37. The summed E-state index contributed by atoms with van der Waals surface area (Å²) in [6, 6.07) is 2.16. The maximum Gasteiger partial charge on any atom is 0.0657 e. The van der Waals surface area contributed by atoms with Crippen LogP contribution in [0.3, 0.4) is 0 Å². The smallest absolute Gasteiger partial charge is 0.0657 e. The molecule has 0 radical (unpaired) electrons. The van der Waals surface area contributed by atoms with Crippen LogP contribution in [0, 0.1) is 17.2 Å². The Bertz CT molecular complexity index is 162. The summed E-state index contributed by atoms with van der Waals surface area (Å²) in [7, 11) is 0. The Hall–Kier alpha value is -0.480. The lowest BCUT2D eigenvalue weighted by atomic mass is 9.75. The van der Waals surface area contributed by atoms with Gasteiger partial charge in [-0.3, -0.25) is 0 Å². The van der Waals surface area contributed by atoms with E-state index >= 15 is 0 Å². The molecule has 1 fully saturated rings. The molecule has 0 amide bonds. The molecule has 0 saturated heterocycles. The van der Waals surface area contributed by atoms with Crippen LogP contribution in [-0.4, -0.2) is 4.87 Å². The maximum atomic E-state index is 8.37. The molecule has 0 unspecified atom stereocenters. The SMILES string of the molecule is C=CC1(Cl)CC(C#N)C1. The van der Waals surface area contributed by atoms with Crippen molar-refractivity contribution in [3.8, 4) is 6.07 Å². The average Bonchev–Trinajstić information content (AvgIpc) is 1.81. The van der Waals surface area contributed by atoms with Gasteiger partial charge >= 0.3 is 0 Å². The maximum absolute atomic E-state index is 8.37. The predicted molar refractivity (Wildman–Crippen MR) is 37.1 cm³/mol. The van der Waals surface area contributed by atoms with Gasteiger partial charge in [0.1, 0.15) is 0 Å². The highest BCUT2D eigenvalue weighted by Crippen LogP contribution is 2.43. The quantitative estimate of drug-likeness (QED) is 0.405. The lowest BCUT2D eigenvalue weighted by Gasteiger charge is -2.36. The molecule has 1 saturated carbocycles. The zero-order chi connectivity index (χ0) is 6.91. The average molecular weight is 142 g/mol. The van der Waals surface area contributed by atoms with Crippen molar-refractivity contribution in [3.63, 3.8) is 0 Å². The van der Waals surface area contributed by atoms with Gasteiger partial charge in [-0.05, 0) is 12.8 Å². The number of allylic oxidation sites excluding steroid dienone is 1. The van der Waals surface area contributed by atoms with Crippen LogP contribution in [0.25, 0.3) is 0 Å². The topological polar surface area (TPSA) is 23.8 Å². The van der Waals surface area contributed by atoms with Gasteiger partial charge in [-0.2, -0.15) is 5.26 Å². The van der Waals surface area contributed by atoms with Crippen molar-refractivity contribution in [2.75, 3.05) is 0 Å². The third-order valence-electron chi connectivity index (χ3n) is 1.72. The summed E-state index contributed by atoms with van der Waals surface area (Å²) in [6.45, 7) is 3.58. The van der Waals surface area contributed by atoms with Gasteiger partial charge in [-0.1, -0.05) is 6.08 Å². The molecule has 2 heteroatoms. The molecule has 0 spiro atoms. The van der Waals surface area contributed by atoms with Gasteiger partial charge in [0.25, 0.3) is 0 Å². The van der Waals surface area contributed by atoms with Crippen molar-refractivity contribution in [2.24, 2.45) is 5.92 Å². The van der Waals surface area contributed by atoms with Crippen LogP contribution in [0.2, 0.25) is 0 Å². The first-order valence-corrected chi connectivity index (χ1v) is 3.30. The summed E-state index contributed by atoms with van der Waals surface area (Å²) in [5.74, 6) is 0.167. The summed E-state index contributed by atoms with van der Waals surface area (Å²) in [6.07, 6.45) is 3.27. The minimum Gasteiger partial charge on any atom is -0.198 e. The van der Waals surface area contributed by atoms with Crippen molar-refractivity contribution in [1.82, 2.24) is 0 Å². The number of nitriles is 1. The normalized spacial score (nSPS) is 40.7. The van der Waals surface area contributed by atoms with E-state index in [0.29, 0.717) is 0 Å². The zero-order valence-electron chi connectivity index (χ0n) is 5.10. The van der Waals surface area contributed by atoms with Crippen LogP contribution in [0.1, 0.15) is 12.8 Å². The van der Waals surface area contributed by atoms with E-state index in [0.717, 1.165) is 12.8 Å². The molecule has 9 heavy (non-hydrogen) atoms. The first kappa shape index (κ1) is 6.64. The van der Waals surface area contributed by atoms with E-state index in [4.69, 9.17) is 16.9 Å². The standard InChI is InChI=1S/C7H8ClN/c1-2-7(8)3-6(4-7)5-9/h2,6H,1,3-4H2. The van der Waals surface area contributed by atoms with Crippen molar-refractivity contribution in [2.45, 2.75) is 17.7 Å². The fraction of sp³-hybridized carbons (Fsp3) is 0.571. The predicted octanol–water partition coefficient (Wildman–Crippen LogP) is 2.08. The minimum atomic E-state index is -0.250. The molecule has 0 aromatic rings. The Morgan fingerprint density at radius 3 is 2.67 bits per heavy atom. The lowest BCUT2D eigenvalue weighted by molar-refractivity contribution is 0.333.